The second kappa shape index (κ2) is 5.46. The summed E-state index contributed by atoms with van der Waals surface area (Å²) < 4.78 is 1.05. The summed E-state index contributed by atoms with van der Waals surface area (Å²) in [6.45, 7) is 1.63. The number of benzene rings is 1. The lowest BCUT2D eigenvalue weighted by Crippen LogP contribution is -2.14. The summed E-state index contributed by atoms with van der Waals surface area (Å²) in [7, 11) is 0. The summed E-state index contributed by atoms with van der Waals surface area (Å²) in [6.07, 6.45) is 0. The van der Waals surface area contributed by atoms with E-state index in [0.717, 1.165) is 10.2 Å². The number of aromatic nitrogens is 3. The first-order chi connectivity index (χ1) is 8.15. The fourth-order valence-corrected chi connectivity index (χ4v) is 2.20. The summed E-state index contributed by atoms with van der Waals surface area (Å²) in [5.74, 6) is 0.751. The molecule has 0 radical (unpaired) electrons. The number of thioether (sulfide) groups is 1. The maximum atomic E-state index is 11.3. The van der Waals surface area contributed by atoms with Crippen LogP contribution in [0.3, 0.4) is 0 Å². The van der Waals surface area contributed by atoms with Crippen molar-refractivity contribution in [1.29, 1.82) is 0 Å². The molecule has 2 rings (SSSR count). The third-order valence-corrected chi connectivity index (χ3v) is 3.59. The molecule has 1 aromatic heterocycles. The van der Waals surface area contributed by atoms with Gasteiger partial charge in [0.15, 0.2) is 5.16 Å². The Hall–Kier alpha value is -1.14. The van der Waals surface area contributed by atoms with Crippen LogP contribution >= 0.6 is 27.7 Å². The Labute approximate surface area is 111 Å². The van der Waals surface area contributed by atoms with Crippen LogP contribution in [-0.2, 0) is 5.75 Å². The van der Waals surface area contributed by atoms with Crippen molar-refractivity contribution in [2.24, 2.45) is 0 Å². The van der Waals surface area contributed by atoms with E-state index >= 15 is 0 Å². The molecule has 0 bridgehead atoms. The molecule has 0 aliphatic carbocycles. The van der Waals surface area contributed by atoms with E-state index in [4.69, 9.17) is 0 Å². The van der Waals surface area contributed by atoms with E-state index in [-0.39, 0.29) is 5.56 Å². The number of aromatic amines is 1. The average Bonchev–Trinajstić information content (AvgIpc) is 2.33. The van der Waals surface area contributed by atoms with Crippen molar-refractivity contribution in [3.05, 3.63) is 50.3 Å². The number of aryl methyl sites for hydroxylation is 1. The van der Waals surface area contributed by atoms with Gasteiger partial charge < -0.3 is 0 Å². The van der Waals surface area contributed by atoms with Gasteiger partial charge in [0.05, 0.1) is 0 Å². The van der Waals surface area contributed by atoms with Crippen molar-refractivity contribution in [1.82, 2.24) is 15.2 Å². The fraction of sp³-hybridized carbons (Fsp3) is 0.182. The Morgan fingerprint density at radius 3 is 2.65 bits per heavy atom. The van der Waals surface area contributed by atoms with Gasteiger partial charge in [-0.1, -0.05) is 39.8 Å². The highest BCUT2D eigenvalue weighted by molar-refractivity contribution is 9.10. The molecule has 0 atom stereocenters. The van der Waals surface area contributed by atoms with Gasteiger partial charge in [-0.25, -0.2) is 0 Å². The quantitative estimate of drug-likeness (QED) is 0.885. The lowest BCUT2D eigenvalue weighted by Gasteiger charge is -2.01. The maximum Gasteiger partial charge on any atom is 0.273 e. The number of H-pyrrole nitrogens is 1. The molecular formula is C11H10BrN3OS. The molecule has 0 spiro atoms. The molecule has 6 heteroatoms. The molecule has 0 unspecified atom stereocenters. The van der Waals surface area contributed by atoms with Crippen LogP contribution in [0.15, 0.2) is 38.7 Å². The van der Waals surface area contributed by atoms with E-state index in [0.29, 0.717) is 10.9 Å². The third kappa shape index (κ3) is 3.41. The van der Waals surface area contributed by atoms with Crippen LogP contribution in [-0.4, -0.2) is 15.2 Å². The Balaban J connectivity index is 2.04. The zero-order valence-corrected chi connectivity index (χ0v) is 11.5. The molecule has 1 heterocycles. The fourth-order valence-electron chi connectivity index (χ4n) is 1.18. The maximum absolute atomic E-state index is 11.3. The van der Waals surface area contributed by atoms with Crippen LogP contribution in [0.1, 0.15) is 11.3 Å². The molecule has 1 N–H and O–H groups in total. The van der Waals surface area contributed by atoms with Crippen molar-refractivity contribution in [3.63, 3.8) is 0 Å². The lowest BCUT2D eigenvalue weighted by molar-refractivity contribution is 0.790. The van der Waals surface area contributed by atoms with Gasteiger partial charge in [-0.15, -0.1) is 10.2 Å². The van der Waals surface area contributed by atoms with Gasteiger partial charge in [0.25, 0.3) is 5.56 Å². The van der Waals surface area contributed by atoms with E-state index in [1.165, 1.54) is 17.3 Å². The minimum atomic E-state index is -0.182. The van der Waals surface area contributed by atoms with Crippen molar-refractivity contribution in [2.45, 2.75) is 17.8 Å². The number of hydrogen-bond acceptors (Lipinski definition) is 4. The van der Waals surface area contributed by atoms with Crippen molar-refractivity contribution in [3.8, 4) is 0 Å². The van der Waals surface area contributed by atoms with Gasteiger partial charge in [0, 0.05) is 10.2 Å². The normalized spacial score (nSPS) is 10.5. The monoisotopic (exact) mass is 311 g/mol. The molecule has 0 aliphatic rings. The number of halogens is 1. The minimum Gasteiger partial charge on any atom is -0.298 e. The Bertz CT molecular complexity index is 568. The first-order valence-electron chi connectivity index (χ1n) is 4.96. The van der Waals surface area contributed by atoms with Crippen molar-refractivity contribution in [2.75, 3.05) is 0 Å². The number of nitrogens with one attached hydrogen (secondary N) is 1. The van der Waals surface area contributed by atoms with Crippen LogP contribution in [0.4, 0.5) is 0 Å². The van der Waals surface area contributed by atoms with Crippen LogP contribution in [0, 0.1) is 6.92 Å². The Morgan fingerprint density at radius 1 is 1.29 bits per heavy atom. The van der Waals surface area contributed by atoms with Gasteiger partial charge in [-0.2, -0.15) is 0 Å². The summed E-state index contributed by atoms with van der Waals surface area (Å²) in [5, 5.41) is 8.25. The molecule has 17 heavy (non-hydrogen) atoms. The average molecular weight is 312 g/mol. The highest BCUT2D eigenvalue weighted by Crippen LogP contribution is 2.19. The zero-order chi connectivity index (χ0) is 12.3. The van der Waals surface area contributed by atoms with E-state index in [1.807, 2.05) is 24.3 Å². The van der Waals surface area contributed by atoms with Gasteiger partial charge >= 0.3 is 0 Å². The number of hydrogen-bond donors (Lipinski definition) is 1. The summed E-state index contributed by atoms with van der Waals surface area (Å²) in [4.78, 5) is 14.0. The van der Waals surface area contributed by atoms with E-state index in [1.54, 1.807) is 6.92 Å². The molecular weight excluding hydrogens is 302 g/mol. The van der Waals surface area contributed by atoms with Crippen LogP contribution in [0.25, 0.3) is 0 Å². The number of rotatable bonds is 3. The largest absolute Gasteiger partial charge is 0.298 e. The number of nitrogens with zero attached hydrogens (tertiary/aromatic N) is 2. The zero-order valence-electron chi connectivity index (χ0n) is 9.11. The third-order valence-electron chi connectivity index (χ3n) is 2.13. The second-order valence-corrected chi connectivity index (χ2v) is 5.34. The van der Waals surface area contributed by atoms with Crippen LogP contribution in [0.2, 0.25) is 0 Å². The van der Waals surface area contributed by atoms with Gasteiger partial charge in [-0.3, -0.25) is 9.78 Å². The molecule has 4 nitrogen and oxygen atoms in total. The first kappa shape index (κ1) is 12.3. The van der Waals surface area contributed by atoms with Crippen LogP contribution < -0.4 is 5.56 Å². The summed E-state index contributed by atoms with van der Waals surface area (Å²) in [5.41, 5.74) is 1.37. The second-order valence-electron chi connectivity index (χ2n) is 3.46. The van der Waals surface area contributed by atoms with Crippen molar-refractivity contribution >= 4 is 27.7 Å². The molecule has 0 saturated heterocycles. The Kier molecular flexibility index (Phi) is 3.96. The first-order valence-corrected chi connectivity index (χ1v) is 6.74. The minimum absolute atomic E-state index is 0.182. The molecule has 0 saturated carbocycles. The topological polar surface area (TPSA) is 58.6 Å². The summed E-state index contributed by atoms with van der Waals surface area (Å²) >= 11 is 4.84. The lowest BCUT2D eigenvalue weighted by atomic mass is 10.2. The molecule has 1 aromatic carbocycles. The molecule has 0 amide bonds. The smallest absolute Gasteiger partial charge is 0.273 e. The predicted octanol–water partition coefficient (Wildman–Crippen LogP) is 2.53. The summed E-state index contributed by atoms with van der Waals surface area (Å²) in [6, 6.07) is 8.02. The standard InChI is InChI=1S/C11H10BrN3OS/c1-7-10(16)13-11(15-14-7)17-6-8-2-4-9(12)5-3-8/h2-5H,6H2,1H3,(H,13,15,16). The van der Waals surface area contributed by atoms with Gasteiger partial charge in [0.2, 0.25) is 0 Å². The van der Waals surface area contributed by atoms with Gasteiger partial charge in [-0.05, 0) is 24.6 Å². The Morgan fingerprint density at radius 2 is 2.00 bits per heavy atom. The molecule has 0 aliphatic heterocycles. The SMILES string of the molecule is Cc1nnc(SCc2ccc(Br)cc2)[nH]c1=O. The highest BCUT2D eigenvalue weighted by Gasteiger charge is 2.01. The van der Waals surface area contributed by atoms with E-state index < -0.39 is 0 Å². The highest BCUT2D eigenvalue weighted by atomic mass is 79.9. The molecule has 0 fully saturated rings. The van der Waals surface area contributed by atoms with Crippen LogP contribution in [0.5, 0.6) is 0 Å². The van der Waals surface area contributed by atoms with Crippen molar-refractivity contribution < 1.29 is 0 Å². The molecule has 88 valence electrons. The van der Waals surface area contributed by atoms with E-state index in [2.05, 4.69) is 31.1 Å². The predicted molar refractivity (Wildman–Crippen MR) is 71.1 cm³/mol. The molecule has 2 aromatic rings. The van der Waals surface area contributed by atoms with Gasteiger partial charge in [0.1, 0.15) is 5.69 Å². The van der Waals surface area contributed by atoms with E-state index in [9.17, 15) is 4.79 Å².